The van der Waals surface area contributed by atoms with Crippen LogP contribution in [-0.4, -0.2) is 12.6 Å². The highest BCUT2D eigenvalue weighted by molar-refractivity contribution is 7.20. The van der Waals surface area contributed by atoms with E-state index < -0.39 is 8.07 Å². The molecule has 0 atom stereocenters. The van der Waals surface area contributed by atoms with Crippen molar-refractivity contribution in [1.29, 1.82) is 0 Å². The molecule has 0 amide bonds. The number of benzene rings is 7. The Bertz CT molecular complexity index is 2580. The standard InChI is InChI=1S/C42H27NO2Si/c1-3-13-29(14-4-1)46(30-15-5-2-6-16-30)39-22-12-11-21-38(39)45-42-40(46)26-24-35-41(42)32-18-7-9-19-34(32)43(35)28-23-25-37-33(27-28)31-17-8-10-20-36(31)44-37/h1-27H. The minimum Gasteiger partial charge on any atom is -0.457 e. The molecule has 0 N–H and O–H groups in total. The molecule has 3 heterocycles. The molecule has 0 unspecified atom stereocenters. The predicted molar refractivity (Wildman–Crippen MR) is 192 cm³/mol. The number of hydrogen-bond donors (Lipinski definition) is 0. The van der Waals surface area contributed by atoms with E-state index in [0.717, 1.165) is 55.5 Å². The molecule has 9 aromatic rings. The third-order valence-corrected chi connectivity index (χ3v) is 14.6. The zero-order valence-electron chi connectivity index (χ0n) is 24.9. The summed E-state index contributed by atoms with van der Waals surface area (Å²) >= 11 is 0. The van der Waals surface area contributed by atoms with Crippen LogP contribution in [0, 0.1) is 0 Å². The third-order valence-electron chi connectivity index (χ3n) is 9.73. The Labute approximate surface area is 266 Å². The maximum atomic E-state index is 7.07. The van der Waals surface area contributed by atoms with E-state index in [1.807, 2.05) is 12.1 Å². The van der Waals surface area contributed by atoms with Gasteiger partial charge in [0.05, 0.1) is 16.4 Å². The zero-order chi connectivity index (χ0) is 30.2. The molecule has 3 nitrogen and oxygen atoms in total. The van der Waals surface area contributed by atoms with Gasteiger partial charge in [-0.15, -0.1) is 0 Å². The monoisotopic (exact) mass is 605 g/mol. The van der Waals surface area contributed by atoms with E-state index in [4.69, 9.17) is 9.15 Å². The van der Waals surface area contributed by atoms with Crippen LogP contribution in [0.5, 0.6) is 11.5 Å². The number of nitrogens with zero attached hydrogens (tertiary/aromatic N) is 1. The molecule has 2 aromatic heterocycles. The van der Waals surface area contributed by atoms with Crippen molar-refractivity contribution in [3.8, 4) is 17.2 Å². The largest absolute Gasteiger partial charge is 0.457 e. The fraction of sp³-hybridized carbons (Fsp3) is 0. The first-order chi connectivity index (χ1) is 22.8. The van der Waals surface area contributed by atoms with Crippen molar-refractivity contribution in [2.75, 3.05) is 0 Å². The highest BCUT2D eigenvalue weighted by Gasteiger charge is 2.48. The number of ether oxygens (including phenoxy) is 1. The molecule has 1 aliphatic rings. The van der Waals surface area contributed by atoms with E-state index in [9.17, 15) is 0 Å². The van der Waals surface area contributed by atoms with Gasteiger partial charge in [-0.3, -0.25) is 0 Å². The lowest BCUT2D eigenvalue weighted by atomic mass is 10.1. The van der Waals surface area contributed by atoms with E-state index in [2.05, 4.69) is 156 Å². The van der Waals surface area contributed by atoms with Crippen molar-refractivity contribution >= 4 is 72.6 Å². The summed E-state index contributed by atoms with van der Waals surface area (Å²) in [5, 5.41) is 9.80. The molecule has 46 heavy (non-hydrogen) atoms. The Morgan fingerprint density at radius 2 is 1.11 bits per heavy atom. The summed E-state index contributed by atoms with van der Waals surface area (Å²) in [5.74, 6) is 1.89. The van der Waals surface area contributed by atoms with Crippen LogP contribution >= 0.6 is 0 Å². The second-order valence-corrected chi connectivity index (χ2v) is 15.8. The summed E-state index contributed by atoms with van der Waals surface area (Å²) in [7, 11) is -2.76. The van der Waals surface area contributed by atoms with Crippen LogP contribution < -0.4 is 25.5 Å². The van der Waals surface area contributed by atoms with Crippen LogP contribution in [0.4, 0.5) is 0 Å². The van der Waals surface area contributed by atoms with E-state index in [-0.39, 0.29) is 0 Å². The molecular formula is C42H27NO2Si. The molecule has 0 fully saturated rings. The smallest absolute Gasteiger partial charge is 0.188 e. The van der Waals surface area contributed by atoms with Crippen molar-refractivity contribution in [2.24, 2.45) is 0 Å². The maximum Gasteiger partial charge on any atom is 0.188 e. The van der Waals surface area contributed by atoms with Gasteiger partial charge in [-0.2, -0.15) is 0 Å². The van der Waals surface area contributed by atoms with E-state index in [0.29, 0.717) is 0 Å². The van der Waals surface area contributed by atoms with Crippen LogP contribution in [-0.2, 0) is 0 Å². The highest BCUT2D eigenvalue weighted by Crippen LogP contribution is 2.42. The van der Waals surface area contributed by atoms with E-state index in [1.165, 1.54) is 26.1 Å². The molecule has 0 spiro atoms. The minimum absolute atomic E-state index is 0.893. The van der Waals surface area contributed by atoms with Gasteiger partial charge in [0, 0.05) is 21.8 Å². The van der Waals surface area contributed by atoms with Crippen molar-refractivity contribution in [3.05, 3.63) is 164 Å². The molecule has 10 rings (SSSR count). The van der Waals surface area contributed by atoms with Gasteiger partial charge in [0.15, 0.2) is 8.07 Å². The topological polar surface area (TPSA) is 27.3 Å². The van der Waals surface area contributed by atoms with Gasteiger partial charge < -0.3 is 13.7 Å². The molecule has 0 radical (unpaired) electrons. The van der Waals surface area contributed by atoms with Gasteiger partial charge >= 0.3 is 0 Å². The lowest BCUT2D eigenvalue weighted by Gasteiger charge is -2.39. The molecule has 0 aliphatic carbocycles. The summed E-state index contributed by atoms with van der Waals surface area (Å²) in [4.78, 5) is 0. The van der Waals surface area contributed by atoms with Crippen LogP contribution in [0.2, 0.25) is 0 Å². The first-order valence-corrected chi connectivity index (χ1v) is 17.7. The molecule has 7 aromatic carbocycles. The number of para-hydroxylation sites is 3. The lowest BCUT2D eigenvalue weighted by molar-refractivity contribution is 0.493. The minimum atomic E-state index is -2.76. The molecular weight excluding hydrogens is 579 g/mol. The fourth-order valence-electron chi connectivity index (χ4n) is 7.85. The number of furan rings is 1. The van der Waals surface area contributed by atoms with Gasteiger partial charge in [0.25, 0.3) is 0 Å². The molecule has 0 saturated heterocycles. The van der Waals surface area contributed by atoms with Gasteiger partial charge in [-0.05, 0) is 63.2 Å². The summed E-state index contributed by atoms with van der Waals surface area (Å²) in [6.07, 6.45) is 0. The Hall–Kier alpha value is -5.84. The lowest BCUT2D eigenvalue weighted by Crippen LogP contribution is -2.76. The summed E-state index contributed by atoms with van der Waals surface area (Å²) < 4.78 is 15.6. The first-order valence-electron chi connectivity index (χ1n) is 15.7. The molecule has 4 heteroatoms. The first kappa shape index (κ1) is 25.5. The fourth-order valence-corrected chi connectivity index (χ4v) is 12.8. The maximum absolute atomic E-state index is 7.07. The zero-order valence-corrected chi connectivity index (χ0v) is 25.9. The Balaban J connectivity index is 1.34. The summed E-state index contributed by atoms with van der Waals surface area (Å²) in [6, 6.07) is 59.0. The SMILES string of the molecule is c1ccc([Si]2(c3ccccc3)c3ccccc3Oc3c2ccc2c3c3ccccc3n2-c2ccc3oc4ccccc4c3c2)cc1. The number of rotatable bonds is 3. The molecule has 0 bridgehead atoms. The quantitative estimate of drug-likeness (QED) is 0.190. The Morgan fingerprint density at radius 1 is 0.457 bits per heavy atom. The van der Waals surface area contributed by atoms with Crippen LogP contribution in [0.15, 0.2) is 168 Å². The van der Waals surface area contributed by atoms with Gasteiger partial charge in [0.2, 0.25) is 0 Å². The number of fused-ring (bicyclic) bond motifs is 9. The highest BCUT2D eigenvalue weighted by atomic mass is 28.3. The van der Waals surface area contributed by atoms with Crippen LogP contribution in [0.25, 0.3) is 49.4 Å². The average molecular weight is 606 g/mol. The van der Waals surface area contributed by atoms with Crippen LogP contribution in [0.1, 0.15) is 0 Å². The van der Waals surface area contributed by atoms with Crippen molar-refractivity contribution < 1.29 is 9.15 Å². The molecule has 1 aliphatic heterocycles. The number of aromatic nitrogens is 1. The number of hydrogen-bond acceptors (Lipinski definition) is 2. The van der Waals surface area contributed by atoms with Crippen molar-refractivity contribution in [2.45, 2.75) is 0 Å². The van der Waals surface area contributed by atoms with Crippen molar-refractivity contribution in [3.63, 3.8) is 0 Å². The Kier molecular flexibility index (Phi) is 5.30. The molecule has 216 valence electrons. The second-order valence-electron chi connectivity index (χ2n) is 12.0. The van der Waals surface area contributed by atoms with Crippen LogP contribution in [0.3, 0.4) is 0 Å². The van der Waals surface area contributed by atoms with E-state index >= 15 is 0 Å². The van der Waals surface area contributed by atoms with Gasteiger partial charge in [-0.1, -0.05) is 121 Å². The van der Waals surface area contributed by atoms with Crippen molar-refractivity contribution in [1.82, 2.24) is 4.57 Å². The third kappa shape index (κ3) is 3.36. The Morgan fingerprint density at radius 3 is 1.91 bits per heavy atom. The predicted octanol–water partition coefficient (Wildman–Crippen LogP) is 8.17. The van der Waals surface area contributed by atoms with E-state index in [1.54, 1.807) is 0 Å². The van der Waals surface area contributed by atoms with Gasteiger partial charge in [0.1, 0.15) is 22.7 Å². The molecule has 0 saturated carbocycles. The second kappa shape index (κ2) is 9.58. The van der Waals surface area contributed by atoms with Gasteiger partial charge in [-0.25, -0.2) is 0 Å². The summed E-state index contributed by atoms with van der Waals surface area (Å²) in [6.45, 7) is 0. The average Bonchev–Trinajstić information content (AvgIpc) is 3.67. The normalized spacial score (nSPS) is 13.6. The summed E-state index contributed by atoms with van der Waals surface area (Å²) in [5.41, 5.74) is 5.16.